The fourth-order valence-corrected chi connectivity index (χ4v) is 3.94. The van der Waals surface area contributed by atoms with Crippen molar-refractivity contribution in [2.45, 2.75) is 109 Å². The van der Waals surface area contributed by atoms with E-state index in [1.165, 1.54) is 6.92 Å². The summed E-state index contributed by atoms with van der Waals surface area (Å²) in [5.41, 5.74) is -1.38. The average Bonchev–Trinajstić information content (AvgIpc) is 2.60. The molecule has 5 atom stereocenters. The number of hydrogen-bond donors (Lipinski definition) is 6. The van der Waals surface area contributed by atoms with Gasteiger partial charge in [-0.2, -0.15) is 0 Å². The summed E-state index contributed by atoms with van der Waals surface area (Å²) >= 11 is 0. The van der Waals surface area contributed by atoms with Gasteiger partial charge in [0.15, 0.2) is 6.29 Å². The van der Waals surface area contributed by atoms with E-state index in [0.717, 1.165) is 0 Å². The molecular formula is C21H40N2O8. The van der Waals surface area contributed by atoms with E-state index >= 15 is 0 Å². The molecule has 1 aliphatic heterocycles. The number of carbonyl (C=O) groups excluding carboxylic acids is 2. The maximum absolute atomic E-state index is 12.1. The van der Waals surface area contributed by atoms with E-state index in [1.807, 2.05) is 13.8 Å². The maximum Gasteiger partial charge on any atom is 0.220 e. The number of unbranched alkanes of at least 4 members (excludes halogenated alkanes) is 2. The van der Waals surface area contributed by atoms with Crippen LogP contribution >= 0.6 is 0 Å². The zero-order valence-corrected chi connectivity index (χ0v) is 19.3. The van der Waals surface area contributed by atoms with Crippen LogP contribution in [0.1, 0.15) is 66.7 Å². The summed E-state index contributed by atoms with van der Waals surface area (Å²) < 4.78 is 11.1. The molecule has 1 fully saturated rings. The third-order valence-corrected chi connectivity index (χ3v) is 4.93. The highest BCUT2D eigenvalue weighted by atomic mass is 16.7. The molecule has 1 heterocycles. The van der Waals surface area contributed by atoms with Crippen LogP contribution in [-0.2, 0) is 19.1 Å². The van der Waals surface area contributed by atoms with Gasteiger partial charge in [-0.3, -0.25) is 9.59 Å². The molecular weight excluding hydrogens is 408 g/mol. The summed E-state index contributed by atoms with van der Waals surface area (Å²) in [6, 6.07) is -0.959. The second kappa shape index (κ2) is 12.1. The minimum absolute atomic E-state index is 0.0839. The molecule has 0 aromatic carbocycles. The molecule has 0 aliphatic carbocycles. The van der Waals surface area contributed by atoms with E-state index in [9.17, 15) is 30.0 Å². The standard InChI is InChI=1S/C21H40N2O8/c1-13(25)22-16-18(28)17(27)14(11-24)31-19(16)30-10-8-6-7-9-15(26)23-20(2,3)12-21(4,5)29/h14,16-19,24,27-29H,6-12H2,1-5H3,(H,22,25)(H,23,26)/t14?,16-,17-,18?,19+/m0/s1. The van der Waals surface area contributed by atoms with Crippen LogP contribution in [0.2, 0.25) is 0 Å². The van der Waals surface area contributed by atoms with Crippen molar-refractivity contribution in [3.05, 3.63) is 0 Å². The number of nitrogens with one attached hydrogen (secondary N) is 2. The second-order valence-electron chi connectivity index (χ2n) is 9.54. The van der Waals surface area contributed by atoms with Crippen LogP contribution in [-0.4, -0.2) is 87.2 Å². The largest absolute Gasteiger partial charge is 0.394 e. The third kappa shape index (κ3) is 10.2. The Hall–Kier alpha value is -1.30. The Bertz CT molecular complexity index is 578. The average molecular weight is 449 g/mol. The highest BCUT2D eigenvalue weighted by Gasteiger charge is 2.45. The normalized spacial score (nSPS) is 27.1. The summed E-state index contributed by atoms with van der Waals surface area (Å²) in [5, 5.41) is 44.9. The Labute approximate surface area is 184 Å². The zero-order valence-electron chi connectivity index (χ0n) is 19.3. The SMILES string of the molecule is CC(=O)N[C@H]1C(O)[C@@H](O)C(CO)O[C@H]1OCCCCCC(=O)NC(C)(C)CC(C)(C)O. The van der Waals surface area contributed by atoms with Crippen molar-refractivity contribution in [1.82, 2.24) is 10.6 Å². The van der Waals surface area contributed by atoms with Gasteiger partial charge in [0, 0.05) is 25.5 Å². The van der Waals surface area contributed by atoms with Gasteiger partial charge in [0.25, 0.3) is 0 Å². The molecule has 2 unspecified atom stereocenters. The fourth-order valence-electron chi connectivity index (χ4n) is 3.94. The lowest BCUT2D eigenvalue weighted by atomic mass is 9.89. The van der Waals surface area contributed by atoms with E-state index < -0.39 is 54.3 Å². The minimum Gasteiger partial charge on any atom is -0.394 e. The van der Waals surface area contributed by atoms with Crippen LogP contribution in [0, 0.1) is 0 Å². The molecule has 0 aromatic heterocycles. The molecule has 10 heteroatoms. The van der Waals surface area contributed by atoms with Crippen molar-refractivity contribution in [1.29, 1.82) is 0 Å². The van der Waals surface area contributed by atoms with Gasteiger partial charge in [-0.1, -0.05) is 6.42 Å². The van der Waals surface area contributed by atoms with Crippen LogP contribution in [0.15, 0.2) is 0 Å². The molecule has 0 spiro atoms. The fraction of sp³-hybridized carbons (Fsp3) is 0.905. The van der Waals surface area contributed by atoms with E-state index in [0.29, 0.717) is 32.1 Å². The van der Waals surface area contributed by atoms with Crippen LogP contribution in [0.5, 0.6) is 0 Å². The summed E-state index contributed by atoms with van der Waals surface area (Å²) in [6.45, 7) is 8.19. The van der Waals surface area contributed by atoms with E-state index in [4.69, 9.17) is 9.47 Å². The Morgan fingerprint density at radius 2 is 1.71 bits per heavy atom. The monoisotopic (exact) mass is 448 g/mol. The van der Waals surface area contributed by atoms with E-state index in [-0.39, 0.29) is 12.5 Å². The lowest BCUT2D eigenvalue weighted by Gasteiger charge is -2.42. The number of aliphatic hydroxyl groups is 4. The second-order valence-corrected chi connectivity index (χ2v) is 9.54. The smallest absolute Gasteiger partial charge is 0.220 e. The first-order valence-electron chi connectivity index (χ1n) is 10.8. The minimum atomic E-state index is -1.35. The van der Waals surface area contributed by atoms with Crippen molar-refractivity contribution in [2.24, 2.45) is 0 Å². The van der Waals surface area contributed by atoms with Crippen LogP contribution in [0.4, 0.5) is 0 Å². The van der Waals surface area contributed by atoms with Gasteiger partial charge < -0.3 is 40.5 Å². The summed E-state index contributed by atoms with van der Waals surface area (Å²) in [7, 11) is 0. The molecule has 0 radical (unpaired) electrons. The topological polar surface area (TPSA) is 158 Å². The lowest BCUT2D eigenvalue weighted by molar-refractivity contribution is -0.270. The van der Waals surface area contributed by atoms with Crippen molar-refractivity contribution in [2.75, 3.05) is 13.2 Å². The van der Waals surface area contributed by atoms with Gasteiger partial charge in [-0.25, -0.2) is 0 Å². The summed E-state index contributed by atoms with van der Waals surface area (Å²) in [5.74, 6) is -0.492. The number of hydrogen-bond acceptors (Lipinski definition) is 8. The first-order valence-corrected chi connectivity index (χ1v) is 10.8. The Morgan fingerprint density at radius 1 is 1.06 bits per heavy atom. The van der Waals surface area contributed by atoms with Crippen LogP contribution in [0.3, 0.4) is 0 Å². The molecule has 2 amide bonds. The van der Waals surface area contributed by atoms with Crippen LogP contribution < -0.4 is 10.6 Å². The van der Waals surface area contributed by atoms with Gasteiger partial charge >= 0.3 is 0 Å². The molecule has 10 nitrogen and oxygen atoms in total. The highest BCUT2D eigenvalue weighted by Crippen LogP contribution is 2.23. The van der Waals surface area contributed by atoms with Gasteiger partial charge in [-0.15, -0.1) is 0 Å². The Balaban J connectivity index is 2.38. The number of rotatable bonds is 12. The highest BCUT2D eigenvalue weighted by molar-refractivity contribution is 5.76. The lowest BCUT2D eigenvalue weighted by Crippen LogP contribution is -2.64. The maximum atomic E-state index is 12.1. The predicted octanol–water partition coefficient (Wildman–Crippen LogP) is -0.437. The first-order chi connectivity index (χ1) is 14.3. The first kappa shape index (κ1) is 27.7. The molecule has 0 aromatic rings. The van der Waals surface area contributed by atoms with Crippen molar-refractivity contribution in [3.63, 3.8) is 0 Å². The summed E-state index contributed by atoms with van der Waals surface area (Å²) in [4.78, 5) is 23.5. The van der Waals surface area contributed by atoms with E-state index in [1.54, 1.807) is 13.8 Å². The van der Waals surface area contributed by atoms with E-state index in [2.05, 4.69) is 10.6 Å². The number of amides is 2. The quantitative estimate of drug-likeness (QED) is 0.219. The molecule has 0 saturated carbocycles. The van der Waals surface area contributed by atoms with Crippen molar-refractivity contribution < 1.29 is 39.5 Å². The molecule has 1 rings (SSSR count). The molecule has 1 saturated heterocycles. The number of carbonyl (C=O) groups is 2. The van der Waals surface area contributed by atoms with Gasteiger partial charge in [-0.05, 0) is 47.0 Å². The number of aliphatic hydroxyl groups excluding tert-OH is 3. The molecule has 182 valence electrons. The summed E-state index contributed by atoms with van der Waals surface area (Å²) in [6.07, 6.45) is -1.94. The predicted molar refractivity (Wildman–Crippen MR) is 113 cm³/mol. The third-order valence-electron chi connectivity index (χ3n) is 4.93. The molecule has 1 aliphatic rings. The van der Waals surface area contributed by atoms with Crippen molar-refractivity contribution in [3.8, 4) is 0 Å². The van der Waals surface area contributed by atoms with Gasteiger partial charge in [0.1, 0.15) is 24.4 Å². The zero-order chi connectivity index (χ0) is 23.8. The molecule has 6 N–H and O–H groups in total. The number of ether oxygens (including phenoxy) is 2. The van der Waals surface area contributed by atoms with Crippen LogP contribution in [0.25, 0.3) is 0 Å². The molecule has 0 bridgehead atoms. The van der Waals surface area contributed by atoms with Gasteiger partial charge in [0.2, 0.25) is 11.8 Å². The Morgan fingerprint density at radius 3 is 2.26 bits per heavy atom. The Kier molecular flexibility index (Phi) is 10.8. The van der Waals surface area contributed by atoms with Crippen molar-refractivity contribution >= 4 is 11.8 Å². The van der Waals surface area contributed by atoms with Gasteiger partial charge in [0.05, 0.1) is 12.2 Å². The molecule has 31 heavy (non-hydrogen) atoms.